The third kappa shape index (κ3) is 3.65. The highest BCUT2D eigenvalue weighted by Crippen LogP contribution is 2.19. The van der Waals surface area contributed by atoms with Gasteiger partial charge in [-0.05, 0) is 26.2 Å². The molecule has 0 unspecified atom stereocenters. The Kier molecular flexibility index (Phi) is 4.05. The number of rotatable bonds is 5. The zero-order chi connectivity index (χ0) is 9.68. The van der Waals surface area contributed by atoms with Crippen LogP contribution in [0.3, 0.4) is 0 Å². The first-order valence-corrected chi connectivity index (χ1v) is 5.03. The first-order chi connectivity index (χ1) is 6.22. The average molecular weight is 199 g/mol. The van der Waals surface area contributed by atoms with Crippen molar-refractivity contribution in [3.8, 4) is 0 Å². The van der Waals surface area contributed by atoms with E-state index in [9.17, 15) is 4.79 Å². The molecule has 0 aliphatic rings. The van der Waals surface area contributed by atoms with Crippen LogP contribution in [0.2, 0.25) is 0 Å². The molecule has 0 aromatic carbocycles. The van der Waals surface area contributed by atoms with Gasteiger partial charge in [0.05, 0.1) is 0 Å². The highest BCUT2D eigenvalue weighted by atomic mass is 32.2. The maximum atomic E-state index is 10.3. The Morgan fingerprint density at radius 2 is 2.31 bits per heavy atom. The molecule has 1 heterocycles. The Labute approximate surface area is 82.1 Å². The number of carbonyl (C=O) groups excluding carboxylic acids is 1. The molecule has 0 bridgehead atoms. The molecular formula is C9H13NO2S. The smallest absolute Gasteiger partial charge is 0.185 e. The normalized spacial score (nSPS) is 10.7. The van der Waals surface area contributed by atoms with E-state index in [0.29, 0.717) is 5.76 Å². The second-order valence-corrected chi connectivity index (χ2v) is 4.03. The van der Waals surface area contributed by atoms with Crippen molar-refractivity contribution in [3.05, 3.63) is 17.9 Å². The third-order valence-electron chi connectivity index (χ3n) is 1.50. The minimum atomic E-state index is 0.396. The van der Waals surface area contributed by atoms with Gasteiger partial charge in [-0.3, -0.25) is 4.79 Å². The van der Waals surface area contributed by atoms with Crippen molar-refractivity contribution >= 4 is 18.0 Å². The van der Waals surface area contributed by atoms with E-state index in [1.807, 2.05) is 20.2 Å². The van der Waals surface area contributed by atoms with E-state index in [-0.39, 0.29) is 0 Å². The van der Waals surface area contributed by atoms with Gasteiger partial charge >= 0.3 is 0 Å². The summed E-state index contributed by atoms with van der Waals surface area (Å²) in [6.45, 7) is 1.00. The Hall–Kier alpha value is -0.740. The first kappa shape index (κ1) is 10.3. The molecule has 1 rings (SSSR count). The summed E-state index contributed by atoms with van der Waals surface area (Å²) in [5.41, 5.74) is 0. The Bertz CT molecular complexity index is 270. The molecule has 0 N–H and O–H groups in total. The Balaban J connectivity index is 2.32. The van der Waals surface area contributed by atoms with E-state index < -0.39 is 0 Å². The fraction of sp³-hybridized carbons (Fsp3) is 0.444. The van der Waals surface area contributed by atoms with E-state index in [1.165, 1.54) is 0 Å². The number of aldehydes is 1. The van der Waals surface area contributed by atoms with E-state index in [2.05, 4.69) is 4.90 Å². The van der Waals surface area contributed by atoms with E-state index in [4.69, 9.17) is 4.42 Å². The predicted octanol–water partition coefficient (Wildman–Crippen LogP) is 1.75. The molecule has 0 aliphatic heterocycles. The van der Waals surface area contributed by atoms with Crippen LogP contribution in [0.4, 0.5) is 0 Å². The van der Waals surface area contributed by atoms with Gasteiger partial charge in [-0.15, -0.1) is 0 Å². The highest BCUT2D eigenvalue weighted by Gasteiger charge is 2.01. The summed E-state index contributed by atoms with van der Waals surface area (Å²) in [5, 5.41) is 0.809. The van der Waals surface area contributed by atoms with Crippen LogP contribution in [0.1, 0.15) is 10.6 Å². The van der Waals surface area contributed by atoms with Crippen LogP contribution in [0.15, 0.2) is 21.6 Å². The van der Waals surface area contributed by atoms with Crippen molar-refractivity contribution in [1.82, 2.24) is 4.90 Å². The van der Waals surface area contributed by atoms with Gasteiger partial charge in [-0.1, -0.05) is 11.8 Å². The monoisotopic (exact) mass is 199 g/mol. The minimum absolute atomic E-state index is 0.396. The summed E-state index contributed by atoms with van der Waals surface area (Å²) < 4.78 is 5.19. The summed E-state index contributed by atoms with van der Waals surface area (Å²) >= 11 is 1.62. The van der Waals surface area contributed by atoms with Crippen molar-refractivity contribution < 1.29 is 9.21 Å². The van der Waals surface area contributed by atoms with Crippen LogP contribution >= 0.6 is 11.8 Å². The minimum Gasteiger partial charge on any atom is -0.447 e. The largest absolute Gasteiger partial charge is 0.447 e. The molecule has 13 heavy (non-hydrogen) atoms. The van der Waals surface area contributed by atoms with Gasteiger partial charge < -0.3 is 9.32 Å². The molecule has 4 heteroatoms. The molecule has 0 saturated carbocycles. The van der Waals surface area contributed by atoms with Gasteiger partial charge in [0.25, 0.3) is 0 Å². The second kappa shape index (κ2) is 5.09. The number of nitrogens with zero attached hydrogens (tertiary/aromatic N) is 1. The molecular weight excluding hydrogens is 186 g/mol. The molecule has 0 aliphatic carbocycles. The zero-order valence-corrected chi connectivity index (χ0v) is 8.63. The molecule has 0 amide bonds. The van der Waals surface area contributed by atoms with Crippen LogP contribution in [0.5, 0.6) is 0 Å². The van der Waals surface area contributed by atoms with Gasteiger partial charge in [-0.25, -0.2) is 0 Å². The van der Waals surface area contributed by atoms with Crippen LogP contribution in [0.25, 0.3) is 0 Å². The number of furan rings is 1. The van der Waals surface area contributed by atoms with Crippen LogP contribution < -0.4 is 0 Å². The van der Waals surface area contributed by atoms with Gasteiger partial charge in [0.2, 0.25) is 0 Å². The lowest BCUT2D eigenvalue weighted by Gasteiger charge is -2.06. The van der Waals surface area contributed by atoms with Crippen molar-refractivity contribution in [3.63, 3.8) is 0 Å². The summed E-state index contributed by atoms with van der Waals surface area (Å²) in [4.78, 5) is 12.4. The maximum absolute atomic E-state index is 10.3. The van der Waals surface area contributed by atoms with Crippen molar-refractivity contribution in [1.29, 1.82) is 0 Å². The van der Waals surface area contributed by atoms with Gasteiger partial charge in [0.15, 0.2) is 17.1 Å². The summed E-state index contributed by atoms with van der Waals surface area (Å²) in [5.74, 6) is 1.37. The molecule has 0 spiro atoms. The van der Waals surface area contributed by atoms with Crippen molar-refractivity contribution in [2.24, 2.45) is 0 Å². The fourth-order valence-electron chi connectivity index (χ4n) is 0.804. The number of carbonyl (C=O) groups is 1. The molecule has 72 valence electrons. The molecule has 1 aromatic rings. The predicted molar refractivity (Wildman–Crippen MR) is 53.4 cm³/mol. The molecule has 1 aromatic heterocycles. The SMILES string of the molecule is CN(C)CCSc1ccc(C=O)o1. The molecule has 0 radical (unpaired) electrons. The van der Waals surface area contributed by atoms with Crippen LogP contribution in [-0.2, 0) is 0 Å². The number of thioether (sulfide) groups is 1. The van der Waals surface area contributed by atoms with Gasteiger partial charge in [0.1, 0.15) is 0 Å². The Morgan fingerprint density at radius 3 is 2.85 bits per heavy atom. The number of hydrogen-bond donors (Lipinski definition) is 0. The standard InChI is InChI=1S/C9H13NO2S/c1-10(2)5-6-13-9-4-3-8(7-11)12-9/h3-4,7H,5-6H2,1-2H3. The Morgan fingerprint density at radius 1 is 1.54 bits per heavy atom. The zero-order valence-electron chi connectivity index (χ0n) is 7.82. The lowest BCUT2D eigenvalue weighted by molar-refractivity contribution is 0.109. The second-order valence-electron chi connectivity index (χ2n) is 2.93. The molecule has 3 nitrogen and oxygen atoms in total. The third-order valence-corrected chi connectivity index (χ3v) is 2.39. The lowest BCUT2D eigenvalue weighted by Crippen LogP contribution is -2.14. The fourth-order valence-corrected chi connectivity index (χ4v) is 1.78. The van der Waals surface area contributed by atoms with Crippen molar-refractivity contribution in [2.75, 3.05) is 26.4 Å². The lowest BCUT2D eigenvalue weighted by atomic mass is 10.5. The highest BCUT2D eigenvalue weighted by molar-refractivity contribution is 7.99. The quantitative estimate of drug-likeness (QED) is 0.534. The summed E-state index contributed by atoms with van der Waals surface area (Å²) in [7, 11) is 4.05. The molecule has 0 fully saturated rings. The van der Waals surface area contributed by atoms with E-state index in [1.54, 1.807) is 17.8 Å². The number of hydrogen-bond acceptors (Lipinski definition) is 4. The topological polar surface area (TPSA) is 33.5 Å². The van der Waals surface area contributed by atoms with E-state index in [0.717, 1.165) is 23.7 Å². The average Bonchev–Trinajstić information content (AvgIpc) is 2.52. The van der Waals surface area contributed by atoms with Gasteiger partial charge in [0, 0.05) is 12.3 Å². The summed E-state index contributed by atoms with van der Waals surface area (Å²) in [6, 6.07) is 3.51. The molecule has 0 saturated heterocycles. The van der Waals surface area contributed by atoms with Gasteiger partial charge in [-0.2, -0.15) is 0 Å². The summed E-state index contributed by atoms with van der Waals surface area (Å²) in [6.07, 6.45) is 0.718. The molecule has 0 atom stereocenters. The maximum Gasteiger partial charge on any atom is 0.185 e. The first-order valence-electron chi connectivity index (χ1n) is 4.05. The van der Waals surface area contributed by atoms with Crippen molar-refractivity contribution in [2.45, 2.75) is 5.09 Å². The van der Waals surface area contributed by atoms with E-state index >= 15 is 0 Å². The van der Waals surface area contributed by atoms with Crippen LogP contribution in [-0.4, -0.2) is 37.6 Å². The van der Waals surface area contributed by atoms with Crippen LogP contribution in [0, 0.1) is 0 Å².